The fourth-order valence-electron chi connectivity index (χ4n) is 1.98. The van der Waals surface area contributed by atoms with E-state index in [9.17, 15) is 4.79 Å². The van der Waals surface area contributed by atoms with Crippen LogP contribution in [0.3, 0.4) is 0 Å². The lowest BCUT2D eigenvalue weighted by atomic mass is 10.0. The van der Waals surface area contributed by atoms with E-state index in [0.29, 0.717) is 12.6 Å². The van der Waals surface area contributed by atoms with Crippen LogP contribution in [0, 0.1) is 0 Å². The maximum Gasteiger partial charge on any atom is 0.233 e. The van der Waals surface area contributed by atoms with E-state index in [-0.39, 0.29) is 5.91 Å². The van der Waals surface area contributed by atoms with E-state index >= 15 is 0 Å². The Balaban J connectivity index is 2.28. The Morgan fingerprint density at radius 3 is 2.87 bits per heavy atom. The minimum Gasteiger partial charge on any atom is -0.358 e. The predicted molar refractivity (Wildman–Crippen MR) is 61.8 cm³/mol. The van der Waals surface area contributed by atoms with Crippen LogP contribution in [-0.2, 0) is 4.79 Å². The Hall–Kier alpha value is -0.610. The molecule has 1 amide bonds. The van der Waals surface area contributed by atoms with Gasteiger partial charge in [0.1, 0.15) is 0 Å². The predicted octanol–water partition coefficient (Wildman–Crippen LogP) is 0.196. The average Bonchev–Trinajstić information content (AvgIpc) is 2.29. The van der Waals surface area contributed by atoms with Gasteiger partial charge >= 0.3 is 0 Å². The first kappa shape index (κ1) is 12.5. The third kappa shape index (κ3) is 4.62. The normalized spacial score (nSPS) is 21.7. The van der Waals surface area contributed by atoms with Gasteiger partial charge in [-0.2, -0.15) is 0 Å². The van der Waals surface area contributed by atoms with E-state index < -0.39 is 0 Å². The van der Waals surface area contributed by atoms with Crippen molar-refractivity contribution >= 4 is 5.91 Å². The van der Waals surface area contributed by atoms with E-state index in [1.54, 1.807) is 7.05 Å². The molecule has 0 bridgehead atoms. The molecule has 15 heavy (non-hydrogen) atoms. The summed E-state index contributed by atoms with van der Waals surface area (Å²) in [6, 6.07) is 0.573. The highest BCUT2D eigenvalue weighted by molar-refractivity contribution is 5.77. The molecule has 0 radical (unpaired) electrons. The Bertz CT molecular complexity index is 190. The first-order valence-electron chi connectivity index (χ1n) is 5.92. The molecule has 0 aromatic carbocycles. The molecule has 88 valence electrons. The Labute approximate surface area is 92.4 Å². The SMILES string of the molecule is CCN(CC(=O)NC)CC1CCCCN1. The van der Waals surface area contributed by atoms with Gasteiger partial charge in [0.15, 0.2) is 0 Å². The van der Waals surface area contributed by atoms with Crippen LogP contribution < -0.4 is 10.6 Å². The lowest BCUT2D eigenvalue weighted by Crippen LogP contribution is -2.46. The summed E-state index contributed by atoms with van der Waals surface area (Å²) in [4.78, 5) is 13.4. The van der Waals surface area contributed by atoms with Gasteiger partial charge in [-0.1, -0.05) is 13.3 Å². The molecule has 0 aromatic heterocycles. The molecule has 2 N–H and O–H groups in total. The molecule has 1 aliphatic rings. The zero-order valence-corrected chi connectivity index (χ0v) is 9.88. The molecule has 0 saturated carbocycles. The fraction of sp³-hybridized carbons (Fsp3) is 0.909. The maximum atomic E-state index is 11.2. The molecule has 1 rings (SSSR count). The van der Waals surface area contributed by atoms with Crippen LogP contribution in [0.15, 0.2) is 0 Å². The third-order valence-electron chi connectivity index (χ3n) is 2.98. The first-order chi connectivity index (χ1) is 7.26. The van der Waals surface area contributed by atoms with Crippen molar-refractivity contribution < 1.29 is 4.79 Å². The molecule has 1 saturated heterocycles. The van der Waals surface area contributed by atoms with Crippen LogP contribution in [-0.4, -0.2) is 50.1 Å². The van der Waals surface area contributed by atoms with Crippen molar-refractivity contribution in [2.45, 2.75) is 32.2 Å². The second-order valence-electron chi connectivity index (χ2n) is 4.15. The number of piperidine rings is 1. The lowest BCUT2D eigenvalue weighted by Gasteiger charge is -2.29. The molecule has 0 spiro atoms. The van der Waals surface area contributed by atoms with Crippen molar-refractivity contribution in [3.05, 3.63) is 0 Å². The minimum absolute atomic E-state index is 0.104. The molecule has 1 fully saturated rings. The number of rotatable bonds is 5. The summed E-state index contributed by atoms with van der Waals surface area (Å²) in [7, 11) is 1.69. The summed E-state index contributed by atoms with van der Waals surface area (Å²) < 4.78 is 0. The summed E-state index contributed by atoms with van der Waals surface area (Å²) in [5.74, 6) is 0.104. The minimum atomic E-state index is 0.104. The summed E-state index contributed by atoms with van der Waals surface area (Å²) >= 11 is 0. The van der Waals surface area contributed by atoms with E-state index in [1.165, 1.54) is 19.3 Å². The van der Waals surface area contributed by atoms with E-state index in [2.05, 4.69) is 22.5 Å². The van der Waals surface area contributed by atoms with Gasteiger partial charge < -0.3 is 10.6 Å². The molecule has 1 atom stereocenters. The molecule has 0 aliphatic carbocycles. The average molecular weight is 213 g/mol. The highest BCUT2D eigenvalue weighted by atomic mass is 16.1. The second-order valence-corrected chi connectivity index (χ2v) is 4.15. The van der Waals surface area contributed by atoms with Gasteiger partial charge in [-0.05, 0) is 25.9 Å². The van der Waals surface area contributed by atoms with Crippen LogP contribution in [0.4, 0.5) is 0 Å². The molecular weight excluding hydrogens is 190 g/mol. The van der Waals surface area contributed by atoms with E-state index in [4.69, 9.17) is 0 Å². The number of carbonyl (C=O) groups is 1. The van der Waals surface area contributed by atoms with Gasteiger partial charge in [-0.25, -0.2) is 0 Å². The molecule has 0 aromatic rings. The number of hydrogen-bond acceptors (Lipinski definition) is 3. The molecule has 4 nitrogen and oxygen atoms in total. The molecule has 1 heterocycles. The van der Waals surface area contributed by atoms with Gasteiger partial charge in [0.05, 0.1) is 6.54 Å². The van der Waals surface area contributed by atoms with Crippen molar-refractivity contribution in [3.63, 3.8) is 0 Å². The summed E-state index contributed by atoms with van der Waals surface area (Å²) in [5, 5.41) is 6.17. The van der Waals surface area contributed by atoms with Crippen molar-refractivity contribution in [3.8, 4) is 0 Å². The summed E-state index contributed by atoms with van der Waals surface area (Å²) in [6.07, 6.45) is 3.84. The van der Waals surface area contributed by atoms with Gasteiger partial charge in [-0.15, -0.1) is 0 Å². The largest absolute Gasteiger partial charge is 0.358 e. The van der Waals surface area contributed by atoms with Crippen molar-refractivity contribution in [1.29, 1.82) is 0 Å². The first-order valence-corrected chi connectivity index (χ1v) is 5.92. The number of hydrogen-bond donors (Lipinski definition) is 2. The Morgan fingerprint density at radius 2 is 2.33 bits per heavy atom. The third-order valence-corrected chi connectivity index (χ3v) is 2.98. The van der Waals surface area contributed by atoms with Crippen molar-refractivity contribution in [2.24, 2.45) is 0 Å². The molecular formula is C11H23N3O. The fourth-order valence-corrected chi connectivity index (χ4v) is 1.98. The highest BCUT2D eigenvalue weighted by Crippen LogP contribution is 2.08. The van der Waals surface area contributed by atoms with Crippen LogP contribution in [0.25, 0.3) is 0 Å². The van der Waals surface area contributed by atoms with Crippen molar-refractivity contribution in [2.75, 3.05) is 33.2 Å². The van der Waals surface area contributed by atoms with Gasteiger partial charge in [0.2, 0.25) is 5.91 Å². The Morgan fingerprint density at radius 1 is 1.53 bits per heavy atom. The van der Waals surface area contributed by atoms with Crippen LogP contribution in [0.2, 0.25) is 0 Å². The maximum absolute atomic E-state index is 11.2. The van der Waals surface area contributed by atoms with Gasteiger partial charge in [0, 0.05) is 19.6 Å². The van der Waals surface area contributed by atoms with Gasteiger partial charge in [0.25, 0.3) is 0 Å². The van der Waals surface area contributed by atoms with E-state index in [0.717, 1.165) is 19.6 Å². The number of likely N-dealkylation sites (N-methyl/N-ethyl adjacent to an activating group) is 2. The van der Waals surface area contributed by atoms with Crippen LogP contribution >= 0.6 is 0 Å². The second kappa shape index (κ2) is 6.80. The topological polar surface area (TPSA) is 44.4 Å². The summed E-state index contributed by atoms with van der Waals surface area (Å²) in [5.41, 5.74) is 0. The smallest absolute Gasteiger partial charge is 0.233 e. The lowest BCUT2D eigenvalue weighted by molar-refractivity contribution is -0.121. The highest BCUT2D eigenvalue weighted by Gasteiger charge is 2.16. The van der Waals surface area contributed by atoms with Crippen molar-refractivity contribution in [1.82, 2.24) is 15.5 Å². The van der Waals surface area contributed by atoms with Gasteiger partial charge in [-0.3, -0.25) is 9.69 Å². The monoisotopic (exact) mass is 213 g/mol. The number of nitrogens with zero attached hydrogens (tertiary/aromatic N) is 1. The zero-order chi connectivity index (χ0) is 11.1. The number of nitrogens with one attached hydrogen (secondary N) is 2. The molecule has 1 aliphatic heterocycles. The molecule has 4 heteroatoms. The quantitative estimate of drug-likeness (QED) is 0.685. The zero-order valence-electron chi connectivity index (χ0n) is 9.88. The van der Waals surface area contributed by atoms with Crippen LogP contribution in [0.1, 0.15) is 26.2 Å². The summed E-state index contributed by atoms with van der Waals surface area (Å²) in [6.45, 7) is 5.68. The number of amides is 1. The van der Waals surface area contributed by atoms with Crippen LogP contribution in [0.5, 0.6) is 0 Å². The number of carbonyl (C=O) groups excluding carboxylic acids is 1. The Kier molecular flexibility index (Phi) is 5.65. The molecule has 1 unspecified atom stereocenters. The standard InChI is InChI=1S/C11H23N3O/c1-3-14(9-11(15)12-2)8-10-6-4-5-7-13-10/h10,13H,3-9H2,1-2H3,(H,12,15). The van der Waals surface area contributed by atoms with E-state index in [1.807, 2.05) is 0 Å².